The Kier molecular flexibility index (Phi) is 5.11. The first-order valence-corrected chi connectivity index (χ1v) is 8.88. The largest absolute Gasteiger partial charge is 0.383 e. The molecule has 2 atom stereocenters. The van der Waals surface area contributed by atoms with Crippen LogP contribution >= 0.6 is 11.3 Å². The second kappa shape index (κ2) is 6.35. The van der Waals surface area contributed by atoms with Gasteiger partial charge in [-0.2, -0.15) is 0 Å². The molecule has 0 spiro atoms. The maximum Gasteiger partial charge on any atom is 0.113 e. The number of thiazole rings is 1. The molecule has 0 aromatic carbocycles. The van der Waals surface area contributed by atoms with Crippen molar-refractivity contribution in [2.24, 2.45) is 11.3 Å². The molecule has 1 aromatic heterocycles. The lowest BCUT2D eigenvalue weighted by molar-refractivity contribution is 0.169. The molecular weight excluding hydrogens is 280 g/mol. The first kappa shape index (κ1) is 16.9. The number of aromatic nitrogens is 1. The quantitative estimate of drug-likeness (QED) is 0.801. The second-order valence-electron chi connectivity index (χ2n) is 7.57. The van der Waals surface area contributed by atoms with Crippen LogP contribution in [0.15, 0.2) is 5.38 Å². The zero-order valence-corrected chi connectivity index (χ0v) is 15.1. The summed E-state index contributed by atoms with van der Waals surface area (Å²) in [5.74, 6) is 1.09. The Labute approximate surface area is 133 Å². The Hall–Kier alpha value is -0.450. The van der Waals surface area contributed by atoms with Gasteiger partial charge in [-0.15, -0.1) is 11.3 Å². The zero-order valence-electron chi connectivity index (χ0n) is 14.3. The molecule has 0 bridgehead atoms. The Morgan fingerprint density at radius 3 is 2.67 bits per heavy atom. The molecule has 2 rings (SSSR count). The average Bonchev–Trinajstić information content (AvgIpc) is 2.94. The van der Waals surface area contributed by atoms with Gasteiger partial charge >= 0.3 is 0 Å². The van der Waals surface area contributed by atoms with Gasteiger partial charge in [0.2, 0.25) is 0 Å². The van der Waals surface area contributed by atoms with Gasteiger partial charge in [-0.3, -0.25) is 0 Å². The van der Waals surface area contributed by atoms with Crippen LogP contribution in [0.4, 0.5) is 0 Å². The fraction of sp³-hybridized carbons (Fsp3) is 0.824. The highest BCUT2D eigenvalue weighted by Crippen LogP contribution is 2.53. The van der Waals surface area contributed by atoms with Gasteiger partial charge in [-0.1, -0.05) is 34.6 Å². The molecule has 1 aliphatic rings. The van der Waals surface area contributed by atoms with Crippen LogP contribution in [0.25, 0.3) is 0 Å². The Morgan fingerprint density at radius 2 is 2.19 bits per heavy atom. The van der Waals surface area contributed by atoms with Crippen LogP contribution in [-0.2, 0) is 10.3 Å². The summed E-state index contributed by atoms with van der Waals surface area (Å²) in [5, 5.41) is 7.29. The first-order valence-electron chi connectivity index (χ1n) is 8.00. The number of ether oxygens (including phenoxy) is 1. The monoisotopic (exact) mass is 310 g/mol. The topological polar surface area (TPSA) is 34.1 Å². The van der Waals surface area contributed by atoms with Crippen molar-refractivity contribution in [1.82, 2.24) is 10.3 Å². The minimum absolute atomic E-state index is 0.0137. The summed E-state index contributed by atoms with van der Waals surface area (Å²) in [4.78, 5) is 4.97. The van der Waals surface area contributed by atoms with Gasteiger partial charge in [0.15, 0.2) is 0 Å². The molecule has 1 fully saturated rings. The van der Waals surface area contributed by atoms with Crippen molar-refractivity contribution < 1.29 is 4.74 Å². The Balaban J connectivity index is 2.31. The molecule has 0 amide bonds. The first-order chi connectivity index (χ1) is 9.81. The lowest BCUT2D eigenvalue weighted by atomic mass is 9.86. The number of methoxy groups -OCH3 is 1. The lowest BCUT2D eigenvalue weighted by Gasteiger charge is -2.34. The molecule has 4 heteroatoms. The highest BCUT2D eigenvalue weighted by Gasteiger charge is 2.51. The third kappa shape index (κ3) is 3.49. The molecule has 1 aromatic rings. The molecule has 1 heterocycles. The summed E-state index contributed by atoms with van der Waals surface area (Å²) >= 11 is 1.82. The minimum atomic E-state index is 0.0137. The molecule has 21 heavy (non-hydrogen) atoms. The smallest absolute Gasteiger partial charge is 0.113 e. The highest BCUT2D eigenvalue weighted by molar-refractivity contribution is 7.09. The van der Waals surface area contributed by atoms with Crippen LogP contribution in [0, 0.1) is 11.3 Å². The van der Waals surface area contributed by atoms with Crippen molar-refractivity contribution in [2.75, 3.05) is 20.3 Å². The number of hydrogen-bond donors (Lipinski definition) is 1. The number of rotatable bonds is 6. The molecule has 0 aliphatic heterocycles. The lowest BCUT2D eigenvalue weighted by Crippen LogP contribution is -2.46. The Morgan fingerprint density at radius 1 is 1.48 bits per heavy atom. The van der Waals surface area contributed by atoms with E-state index in [1.165, 1.54) is 17.1 Å². The summed E-state index contributed by atoms with van der Waals surface area (Å²) in [6.07, 6.45) is 2.39. The van der Waals surface area contributed by atoms with Crippen LogP contribution in [0.2, 0.25) is 0 Å². The van der Waals surface area contributed by atoms with Crippen molar-refractivity contribution in [1.29, 1.82) is 0 Å². The SMILES string of the molecule is COCCNC1(c2nc(C(C)C)cs2)CC(C)(C)CC1C. The van der Waals surface area contributed by atoms with Gasteiger partial charge in [0, 0.05) is 19.0 Å². The van der Waals surface area contributed by atoms with Crippen molar-refractivity contribution in [3.63, 3.8) is 0 Å². The predicted molar refractivity (Wildman–Crippen MR) is 89.9 cm³/mol. The van der Waals surface area contributed by atoms with Crippen LogP contribution in [0.3, 0.4) is 0 Å². The van der Waals surface area contributed by atoms with Crippen LogP contribution < -0.4 is 5.32 Å². The molecule has 1 aliphatic carbocycles. The average molecular weight is 311 g/mol. The maximum absolute atomic E-state index is 5.23. The molecule has 120 valence electrons. The third-order valence-electron chi connectivity index (χ3n) is 4.70. The molecule has 0 saturated heterocycles. The van der Waals surface area contributed by atoms with E-state index in [0.29, 0.717) is 17.3 Å². The maximum atomic E-state index is 5.23. The van der Waals surface area contributed by atoms with Crippen LogP contribution in [-0.4, -0.2) is 25.2 Å². The van der Waals surface area contributed by atoms with E-state index < -0.39 is 0 Å². The van der Waals surface area contributed by atoms with Crippen LogP contribution in [0.1, 0.15) is 64.1 Å². The van der Waals surface area contributed by atoms with E-state index in [-0.39, 0.29) is 5.54 Å². The summed E-state index contributed by atoms with van der Waals surface area (Å²) in [5.41, 5.74) is 1.60. The minimum Gasteiger partial charge on any atom is -0.383 e. The van der Waals surface area contributed by atoms with Crippen molar-refractivity contribution in [3.8, 4) is 0 Å². The fourth-order valence-corrected chi connectivity index (χ4v) is 5.01. The van der Waals surface area contributed by atoms with E-state index in [0.717, 1.165) is 19.6 Å². The summed E-state index contributed by atoms with van der Waals surface area (Å²) in [6.45, 7) is 13.2. The van der Waals surface area contributed by atoms with Gasteiger partial charge in [0.05, 0.1) is 17.8 Å². The van der Waals surface area contributed by atoms with Gasteiger partial charge in [0.25, 0.3) is 0 Å². The highest BCUT2D eigenvalue weighted by atomic mass is 32.1. The molecule has 1 N–H and O–H groups in total. The summed E-state index contributed by atoms with van der Waals surface area (Å²) in [7, 11) is 1.76. The molecular formula is C17H30N2OS. The van der Waals surface area contributed by atoms with Gasteiger partial charge in [0.1, 0.15) is 5.01 Å². The fourth-order valence-electron chi connectivity index (χ4n) is 3.74. The summed E-state index contributed by atoms with van der Waals surface area (Å²) in [6, 6.07) is 0. The van der Waals surface area contributed by atoms with E-state index in [2.05, 4.69) is 45.3 Å². The summed E-state index contributed by atoms with van der Waals surface area (Å²) < 4.78 is 5.23. The molecule has 3 nitrogen and oxygen atoms in total. The molecule has 2 unspecified atom stereocenters. The third-order valence-corrected chi connectivity index (χ3v) is 5.74. The van der Waals surface area contributed by atoms with Gasteiger partial charge in [-0.25, -0.2) is 4.98 Å². The zero-order chi connectivity index (χ0) is 15.7. The van der Waals surface area contributed by atoms with Gasteiger partial charge in [-0.05, 0) is 30.1 Å². The second-order valence-corrected chi connectivity index (χ2v) is 8.43. The van der Waals surface area contributed by atoms with Crippen LogP contribution in [0.5, 0.6) is 0 Å². The number of hydrogen-bond acceptors (Lipinski definition) is 4. The number of nitrogens with one attached hydrogen (secondary N) is 1. The standard InChI is InChI=1S/C17H30N2OS/c1-12(2)14-10-21-15(19-14)17(18-7-8-20-6)11-16(4,5)9-13(17)3/h10,12-13,18H,7-9,11H2,1-6H3. The van der Waals surface area contributed by atoms with Gasteiger partial charge < -0.3 is 10.1 Å². The van der Waals surface area contributed by atoms with E-state index in [4.69, 9.17) is 9.72 Å². The Bertz CT molecular complexity index is 469. The van der Waals surface area contributed by atoms with Crippen molar-refractivity contribution >= 4 is 11.3 Å². The van der Waals surface area contributed by atoms with E-state index in [9.17, 15) is 0 Å². The van der Waals surface area contributed by atoms with Crippen molar-refractivity contribution in [3.05, 3.63) is 16.1 Å². The van der Waals surface area contributed by atoms with E-state index in [1.807, 2.05) is 11.3 Å². The number of nitrogens with zero attached hydrogens (tertiary/aromatic N) is 1. The normalized spacial score (nSPS) is 28.4. The van der Waals surface area contributed by atoms with Crippen molar-refractivity contribution in [2.45, 2.75) is 58.9 Å². The molecule has 1 saturated carbocycles. The van der Waals surface area contributed by atoms with E-state index in [1.54, 1.807) is 7.11 Å². The molecule has 0 radical (unpaired) electrons. The van der Waals surface area contributed by atoms with E-state index >= 15 is 0 Å². The predicted octanol–water partition coefficient (Wildman–Crippen LogP) is 4.15.